The van der Waals surface area contributed by atoms with E-state index >= 15 is 0 Å². The van der Waals surface area contributed by atoms with Crippen molar-refractivity contribution in [1.82, 2.24) is 29.8 Å². The number of fused-ring (bicyclic) bond motifs is 1. The Morgan fingerprint density at radius 2 is 1.80 bits per heavy atom. The second-order valence-corrected chi connectivity index (χ2v) is 12.8. The average molecular weight is 561 g/mol. The summed E-state index contributed by atoms with van der Waals surface area (Å²) in [4.78, 5) is 17.3. The van der Waals surface area contributed by atoms with Gasteiger partial charge in [0.15, 0.2) is 5.65 Å². The number of carbonyl (C=O) groups is 1. The zero-order valence-electron chi connectivity index (χ0n) is 24.0. The lowest BCUT2D eigenvalue weighted by molar-refractivity contribution is -0.145. The van der Waals surface area contributed by atoms with Gasteiger partial charge in [0, 0.05) is 44.8 Å². The Kier molecular flexibility index (Phi) is 8.65. The first-order chi connectivity index (χ1) is 20.0. The highest BCUT2D eigenvalue weighted by Gasteiger charge is 2.43. The summed E-state index contributed by atoms with van der Waals surface area (Å²) in [7, 11) is 0. The molecule has 9 nitrogen and oxygen atoms in total. The lowest BCUT2D eigenvalue weighted by atomic mass is 9.83. The number of carboxylic acid groups (broad SMARTS) is 1. The maximum Gasteiger partial charge on any atom is 0.321 e. The van der Waals surface area contributed by atoms with Crippen molar-refractivity contribution < 1.29 is 15.0 Å². The van der Waals surface area contributed by atoms with E-state index in [1.54, 1.807) is 4.52 Å². The van der Waals surface area contributed by atoms with E-state index in [1.807, 2.05) is 12.3 Å². The molecule has 0 unspecified atom stereocenters. The van der Waals surface area contributed by atoms with Crippen molar-refractivity contribution in [3.8, 4) is 0 Å². The van der Waals surface area contributed by atoms with Crippen LogP contribution in [-0.4, -0.2) is 90.4 Å². The third-order valence-electron chi connectivity index (χ3n) is 10.1. The Bertz CT molecular complexity index is 1280. The maximum atomic E-state index is 12.5. The van der Waals surface area contributed by atoms with Crippen LogP contribution >= 0.6 is 0 Å². The van der Waals surface area contributed by atoms with Crippen LogP contribution in [0.4, 0.5) is 0 Å². The van der Waals surface area contributed by atoms with Crippen LogP contribution in [0.25, 0.3) is 5.65 Å². The van der Waals surface area contributed by atoms with Gasteiger partial charge in [0.2, 0.25) is 0 Å². The van der Waals surface area contributed by atoms with Crippen LogP contribution in [0.5, 0.6) is 0 Å². The number of aliphatic carboxylic acids is 1. The zero-order chi connectivity index (χ0) is 28.2. The number of likely N-dealkylation sites (tertiary alicyclic amines) is 2. The molecule has 4 heterocycles. The van der Waals surface area contributed by atoms with Gasteiger partial charge in [-0.1, -0.05) is 55.7 Å². The van der Waals surface area contributed by atoms with Crippen LogP contribution in [-0.2, 0) is 11.2 Å². The Morgan fingerprint density at radius 1 is 1.02 bits per heavy atom. The number of aromatic nitrogens is 4. The van der Waals surface area contributed by atoms with Crippen molar-refractivity contribution >= 4 is 11.6 Å². The molecule has 9 heteroatoms. The number of hydrogen-bond donors (Lipinski definition) is 2. The van der Waals surface area contributed by atoms with E-state index in [9.17, 15) is 15.0 Å². The summed E-state index contributed by atoms with van der Waals surface area (Å²) >= 11 is 0. The molecular formula is C32H44N6O3. The van der Waals surface area contributed by atoms with Crippen LogP contribution < -0.4 is 0 Å². The summed E-state index contributed by atoms with van der Waals surface area (Å²) < 4.78 is 1.70. The predicted octanol–water partition coefficient (Wildman–Crippen LogP) is 4.02. The molecule has 2 saturated heterocycles. The lowest BCUT2D eigenvalue weighted by Gasteiger charge is -2.40. The summed E-state index contributed by atoms with van der Waals surface area (Å²) in [5, 5.41) is 33.3. The van der Waals surface area contributed by atoms with Crippen molar-refractivity contribution in [2.75, 3.05) is 32.7 Å². The van der Waals surface area contributed by atoms with Crippen LogP contribution in [0, 0.1) is 11.8 Å². The summed E-state index contributed by atoms with van der Waals surface area (Å²) in [5.74, 6) is 0.330. The number of benzene rings is 1. The molecule has 3 fully saturated rings. The molecule has 3 atom stereocenters. The number of aliphatic hydroxyl groups is 1. The largest absolute Gasteiger partial charge is 0.480 e. The molecule has 41 heavy (non-hydrogen) atoms. The molecule has 0 radical (unpaired) electrons. The number of piperidine rings is 1. The molecule has 2 aliphatic heterocycles. The Balaban J connectivity index is 1.05. The Hall–Kier alpha value is -2.88. The Morgan fingerprint density at radius 3 is 2.56 bits per heavy atom. The molecule has 1 saturated carbocycles. The van der Waals surface area contributed by atoms with Crippen molar-refractivity contribution in [3.05, 3.63) is 59.8 Å². The molecular weight excluding hydrogens is 516 g/mol. The summed E-state index contributed by atoms with van der Waals surface area (Å²) in [5.41, 5.74) is 2.62. The highest BCUT2D eigenvalue weighted by Crippen LogP contribution is 2.39. The van der Waals surface area contributed by atoms with Gasteiger partial charge in [-0.15, -0.1) is 5.10 Å². The van der Waals surface area contributed by atoms with Gasteiger partial charge in [-0.05, 0) is 84.4 Å². The van der Waals surface area contributed by atoms with E-state index < -0.39 is 11.6 Å². The monoisotopic (exact) mass is 560 g/mol. The summed E-state index contributed by atoms with van der Waals surface area (Å²) in [6.07, 6.45) is 11.7. The van der Waals surface area contributed by atoms with E-state index in [4.69, 9.17) is 0 Å². The van der Waals surface area contributed by atoms with E-state index in [1.165, 1.54) is 17.5 Å². The smallest absolute Gasteiger partial charge is 0.321 e. The molecule has 2 aromatic heterocycles. The predicted molar refractivity (Wildman–Crippen MR) is 157 cm³/mol. The van der Waals surface area contributed by atoms with Gasteiger partial charge in [-0.25, -0.2) is 4.52 Å². The van der Waals surface area contributed by atoms with Gasteiger partial charge in [-0.3, -0.25) is 9.69 Å². The van der Waals surface area contributed by atoms with Crippen molar-refractivity contribution in [2.45, 2.75) is 81.8 Å². The van der Waals surface area contributed by atoms with Crippen LogP contribution in [0.1, 0.15) is 74.8 Å². The van der Waals surface area contributed by atoms with Crippen LogP contribution in [0.15, 0.2) is 48.7 Å². The molecule has 3 aliphatic rings. The topological polar surface area (TPSA) is 107 Å². The molecule has 1 aromatic carbocycles. The molecule has 3 aromatic rings. The Labute approximate surface area is 242 Å². The number of pyridine rings is 1. The molecule has 220 valence electrons. The first kappa shape index (κ1) is 28.2. The van der Waals surface area contributed by atoms with E-state index in [0.29, 0.717) is 11.8 Å². The molecule has 0 amide bonds. The number of nitrogens with zero attached hydrogens (tertiary/aromatic N) is 6. The standard InChI is InChI=1S/C32H44N6O3/c39-31(40)30(26-11-5-2-6-12-26)37-22-27(28(23-37)25-9-3-1-4-10-25)21-36-18-16-32(41,17-19-36)15-7-8-24-13-14-29-33-34-35-38(29)20-24/h1,3-4,9-10,13-14,20,26-28,30,41H,2,5-8,11-12,15-19,21-23H2,(H,39,40)/t27-,28+,30+/m0/s1. The van der Waals surface area contributed by atoms with Crippen molar-refractivity contribution in [2.24, 2.45) is 11.8 Å². The molecule has 1 aliphatic carbocycles. The summed E-state index contributed by atoms with van der Waals surface area (Å²) in [6, 6.07) is 14.3. The number of hydrogen-bond acceptors (Lipinski definition) is 7. The molecule has 2 N–H and O–H groups in total. The number of tetrazole rings is 1. The second kappa shape index (κ2) is 12.5. The minimum absolute atomic E-state index is 0.260. The first-order valence-electron chi connectivity index (χ1n) is 15.6. The molecule has 0 bridgehead atoms. The number of carboxylic acids is 1. The van der Waals surface area contributed by atoms with Gasteiger partial charge in [0.05, 0.1) is 5.60 Å². The first-order valence-corrected chi connectivity index (χ1v) is 15.6. The third-order valence-corrected chi connectivity index (χ3v) is 10.1. The second-order valence-electron chi connectivity index (χ2n) is 12.8. The minimum Gasteiger partial charge on any atom is -0.480 e. The lowest BCUT2D eigenvalue weighted by Crippen LogP contribution is -2.47. The molecule has 6 rings (SSSR count). The van der Waals surface area contributed by atoms with Gasteiger partial charge in [0.25, 0.3) is 0 Å². The van der Waals surface area contributed by atoms with E-state index in [-0.39, 0.29) is 12.0 Å². The van der Waals surface area contributed by atoms with Crippen molar-refractivity contribution in [1.29, 1.82) is 0 Å². The van der Waals surface area contributed by atoms with Gasteiger partial charge >= 0.3 is 5.97 Å². The fraction of sp³-hybridized carbons (Fsp3) is 0.625. The van der Waals surface area contributed by atoms with Crippen molar-refractivity contribution in [3.63, 3.8) is 0 Å². The minimum atomic E-state index is -0.648. The van der Waals surface area contributed by atoms with Gasteiger partial charge in [-0.2, -0.15) is 0 Å². The summed E-state index contributed by atoms with van der Waals surface area (Å²) in [6.45, 7) is 4.37. The maximum absolute atomic E-state index is 12.5. The number of rotatable bonds is 10. The average Bonchev–Trinajstić information content (AvgIpc) is 3.62. The highest BCUT2D eigenvalue weighted by molar-refractivity contribution is 5.74. The van der Waals surface area contributed by atoms with Gasteiger partial charge in [0.1, 0.15) is 6.04 Å². The zero-order valence-corrected chi connectivity index (χ0v) is 24.0. The van der Waals surface area contributed by atoms with Gasteiger partial charge < -0.3 is 15.1 Å². The number of aryl methyl sites for hydroxylation is 1. The third kappa shape index (κ3) is 6.63. The highest BCUT2D eigenvalue weighted by atomic mass is 16.4. The van der Waals surface area contributed by atoms with E-state index in [2.05, 4.69) is 61.7 Å². The van der Waals surface area contributed by atoms with E-state index in [0.717, 1.165) is 96.2 Å². The van der Waals surface area contributed by atoms with Crippen LogP contribution in [0.3, 0.4) is 0 Å². The molecule has 0 spiro atoms. The quantitative estimate of drug-likeness (QED) is 0.383. The SMILES string of the molecule is O=C(O)[C@@H](C1CCCCC1)N1C[C@H](CN2CCC(O)(CCCc3ccc4nnnn4c3)CC2)[C@@H](c2ccccc2)C1. The fourth-order valence-corrected chi connectivity index (χ4v) is 7.79. The fourth-order valence-electron chi connectivity index (χ4n) is 7.79. The van der Waals surface area contributed by atoms with Crippen LogP contribution in [0.2, 0.25) is 0 Å². The normalized spacial score (nSPS) is 25.0.